The van der Waals surface area contributed by atoms with E-state index < -0.39 is 10.0 Å². The van der Waals surface area contributed by atoms with E-state index in [9.17, 15) is 13.2 Å². The van der Waals surface area contributed by atoms with Crippen molar-refractivity contribution in [2.45, 2.75) is 11.8 Å². The van der Waals surface area contributed by atoms with Crippen molar-refractivity contribution >= 4 is 32.4 Å². The summed E-state index contributed by atoms with van der Waals surface area (Å²) in [5.74, 6) is -0.294. The number of hydrogen-bond acceptors (Lipinski definition) is 6. The quantitative estimate of drug-likeness (QED) is 0.465. The Hall–Kier alpha value is -3.34. The van der Waals surface area contributed by atoms with Gasteiger partial charge in [0.05, 0.1) is 33.7 Å². The van der Waals surface area contributed by atoms with E-state index in [1.165, 1.54) is 35.9 Å². The zero-order chi connectivity index (χ0) is 22.9. The molecule has 10 heteroatoms. The van der Waals surface area contributed by atoms with E-state index in [0.717, 1.165) is 16.9 Å². The fourth-order valence-electron chi connectivity index (χ4n) is 3.10. The van der Waals surface area contributed by atoms with E-state index >= 15 is 0 Å². The van der Waals surface area contributed by atoms with Crippen LogP contribution in [0, 0.1) is 6.92 Å². The first-order valence-electron chi connectivity index (χ1n) is 9.67. The third-order valence-corrected chi connectivity index (χ3v) is 7.50. The average molecular weight is 468 g/mol. The van der Waals surface area contributed by atoms with Gasteiger partial charge in [-0.05, 0) is 31.2 Å². The summed E-state index contributed by atoms with van der Waals surface area (Å²) in [6, 6.07) is 16.1. The van der Waals surface area contributed by atoms with Gasteiger partial charge in [0, 0.05) is 25.0 Å². The average Bonchev–Trinajstić information content (AvgIpc) is 3.41. The molecule has 2 heterocycles. The van der Waals surface area contributed by atoms with Crippen molar-refractivity contribution in [3.05, 3.63) is 77.4 Å². The Morgan fingerprint density at radius 2 is 1.75 bits per heavy atom. The lowest BCUT2D eigenvalue weighted by Crippen LogP contribution is -2.22. The second-order valence-electron chi connectivity index (χ2n) is 7.19. The maximum Gasteiger partial charge on any atom is 0.260 e. The van der Waals surface area contributed by atoms with E-state index in [4.69, 9.17) is 0 Å². The topological polar surface area (TPSA) is 97.2 Å². The lowest BCUT2D eigenvalue weighted by Gasteiger charge is -2.11. The third kappa shape index (κ3) is 4.20. The number of sulfonamides is 1. The SMILES string of the molecule is Cc1c(C(=O)Nc2nc(-c3ccc(S(=O)(=O)N(C)C)cc3)cs2)cnn1-c1ccccc1. The number of aromatic nitrogens is 3. The van der Waals surface area contributed by atoms with Crippen LogP contribution < -0.4 is 5.32 Å². The summed E-state index contributed by atoms with van der Waals surface area (Å²) < 4.78 is 27.3. The number of nitrogens with zero attached hydrogens (tertiary/aromatic N) is 4. The number of hydrogen-bond donors (Lipinski definition) is 1. The lowest BCUT2D eigenvalue weighted by molar-refractivity contribution is 0.102. The number of anilines is 1. The molecule has 0 aliphatic rings. The summed E-state index contributed by atoms with van der Waals surface area (Å²) in [6.07, 6.45) is 1.54. The monoisotopic (exact) mass is 467 g/mol. The normalized spacial score (nSPS) is 11.6. The second-order valence-corrected chi connectivity index (χ2v) is 10.2. The molecule has 0 atom stereocenters. The minimum Gasteiger partial charge on any atom is -0.298 e. The van der Waals surface area contributed by atoms with Crippen LogP contribution in [-0.4, -0.2) is 47.5 Å². The van der Waals surface area contributed by atoms with Gasteiger partial charge in [-0.2, -0.15) is 5.10 Å². The summed E-state index contributed by atoms with van der Waals surface area (Å²) in [6.45, 7) is 1.84. The molecular formula is C22H21N5O3S2. The molecule has 0 radical (unpaired) electrons. The molecule has 0 saturated heterocycles. The van der Waals surface area contributed by atoms with Crippen molar-refractivity contribution in [1.29, 1.82) is 0 Å². The first-order chi connectivity index (χ1) is 15.3. The first kappa shape index (κ1) is 21.9. The molecule has 32 heavy (non-hydrogen) atoms. The van der Waals surface area contributed by atoms with Crippen molar-refractivity contribution in [1.82, 2.24) is 19.1 Å². The van der Waals surface area contributed by atoms with Gasteiger partial charge in [0.2, 0.25) is 10.0 Å². The van der Waals surface area contributed by atoms with Crippen molar-refractivity contribution in [2.24, 2.45) is 0 Å². The van der Waals surface area contributed by atoms with Crippen molar-refractivity contribution < 1.29 is 13.2 Å². The summed E-state index contributed by atoms with van der Waals surface area (Å²) in [7, 11) is -0.509. The van der Waals surface area contributed by atoms with E-state index in [-0.39, 0.29) is 10.8 Å². The molecule has 8 nitrogen and oxygen atoms in total. The smallest absolute Gasteiger partial charge is 0.260 e. The van der Waals surface area contributed by atoms with Gasteiger partial charge in [-0.25, -0.2) is 22.4 Å². The molecule has 164 valence electrons. The highest BCUT2D eigenvalue weighted by Gasteiger charge is 2.18. The van der Waals surface area contributed by atoms with Gasteiger partial charge in [-0.3, -0.25) is 10.1 Å². The minimum absolute atomic E-state index is 0.209. The van der Waals surface area contributed by atoms with Crippen molar-refractivity contribution in [3.63, 3.8) is 0 Å². The number of nitrogens with one attached hydrogen (secondary N) is 1. The van der Waals surface area contributed by atoms with Crippen LogP contribution >= 0.6 is 11.3 Å². The van der Waals surface area contributed by atoms with Crippen LogP contribution in [0.15, 0.2) is 71.1 Å². The van der Waals surface area contributed by atoms with Crippen LogP contribution in [0.25, 0.3) is 16.9 Å². The highest BCUT2D eigenvalue weighted by Crippen LogP contribution is 2.27. The predicted molar refractivity (Wildman–Crippen MR) is 125 cm³/mol. The number of carbonyl (C=O) groups excluding carboxylic acids is 1. The molecular weight excluding hydrogens is 446 g/mol. The standard InChI is InChI=1S/C22H21N5O3S2/c1-15-19(13-23-27(15)17-7-5-4-6-8-17)21(28)25-22-24-20(14-31-22)16-9-11-18(12-10-16)32(29,30)26(2)3/h4-14H,1-3H3,(H,24,25,28). The molecule has 2 aromatic heterocycles. The van der Waals surface area contributed by atoms with Gasteiger partial charge >= 0.3 is 0 Å². The summed E-state index contributed by atoms with van der Waals surface area (Å²) in [5.41, 5.74) is 3.47. The van der Waals surface area contributed by atoms with Crippen LogP contribution in [-0.2, 0) is 10.0 Å². The Morgan fingerprint density at radius 1 is 1.06 bits per heavy atom. The second kappa shape index (κ2) is 8.65. The number of para-hydroxylation sites is 1. The first-order valence-corrected chi connectivity index (χ1v) is 12.0. The predicted octanol–water partition coefficient (Wildman–Crippen LogP) is 3.81. The molecule has 0 spiro atoms. The zero-order valence-electron chi connectivity index (χ0n) is 17.7. The fraction of sp³-hybridized carbons (Fsp3) is 0.136. The van der Waals surface area contributed by atoms with E-state index in [2.05, 4.69) is 15.4 Å². The molecule has 1 N–H and O–H groups in total. The van der Waals surface area contributed by atoms with Crippen molar-refractivity contribution in [3.8, 4) is 16.9 Å². The Bertz CT molecular complexity index is 1360. The number of thiazole rings is 1. The molecule has 2 aromatic carbocycles. The largest absolute Gasteiger partial charge is 0.298 e. The molecule has 0 bridgehead atoms. The Kier molecular flexibility index (Phi) is 5.92. The molecule has 4 rings (SSSR count). The zero-order valence-corrected chi connectivity index (χ0v) is 19.3. The highest BCUT2D eigenvalue weighted by molar-refractivity contribution is 7.89. The summed E-state index contributed by atoms with van der Waals surface area (Å²) in [4.78, 5) is 17.5. The summed E-state index contributed by atoms with van der Waals surface area (Å²) in [5, 5.41) is 9.40. The van der Waals surface area contributed by atoms with Crippen molar-refractivity contribution in [2.75, 3.05) is 19.4 Å². The van der Waals surface area contributed by atoms with E-state index in [1.54, 1.807) is 28.9 Å². The number of carbonyl (C=O) groups is 1. The van der Waals surface area contributed by atoms with Gasteiger partial charge in [-0.1, -0.05) is 30.3 Å². The Morgan fingerprint density at radius 3 is 2.41 bits per heavy atom. The molecule has 4 aromatic rings. The number of benzene rings is 2. The Labute approximate surface area is 190 Å². The molecule has 0 fully saturated rings. The van der Waals surface area contributed by atoms with Crippen LogP contribution in [0.3, 0.4) is 0 Å². The fourth-order valence-corrected chi connectivity index (χ4v) is 4.72. The van der Waals surface area contributed by atoms with Gasteiger partial charge in [0.25, 0.3) is 5.91 Å². The molecule has 0 saturated carbocycles. The van der Waals surface area contributed by atoms with Gasteiger partial charge in [0.1, 0.15) is 0 Å². The van der Waals surface area contributed by atoms with Gasteiger partial charge in [-0.15, -0.1) is 11.3 Å². The molecule has 1 amide bonds. The highest BCUT2D eigenvalue weighted by atomic mass is 32.2. The van der Waals surface area contributed by atoms with E-state index in [0.29, 0.717) is 16.4 Å². The lowest BCUT2D eigenvalue weighted by atomic mass is 10.2. The maximum atomic E-state index is 12.8. The minimum atomic E-state index is -3.49. The van der Waals surface area contributed by atoms with Crippen LogP contribution in [0.4, 0.5) is 5.13 Å². The molecule has 0 unspecified atom stereocenters. The van der Waals surface area contributed by atoms with Crippen LogP contribution in [0.1, 0.15) is 16.1 Å². The number of amides is 1. The molecule has 0 aliphatic heterocycles. The van der Waals surface area contributed by atoms with E-state index in [1.807, 2.05) is 42.6 Å². The number of rotatable bonds is 6. The van der Waals surface area contributed by atoms with Crippen LogP contribution in [0.2, 0.25) is 0 Å². The van der Waals surface area contributed by atoms with Gasteiger partial charge < -0.3 is 0 Å². The van der Waals surface area contributed by atoms with Gasteiger partial charge in [0.15, 0.2) is 5.13 Å². The Balaban J connectivity index is 1.51. The summed E-state index contributed by atoms with van der Waals surface area (Å²) >= 11 is 1.29. The van der Waals surface area contributed by atoms with Crippen LogP contribution in [0.5, 0.6) is 0 Å². The third-order valence-electron chi connectivity index (χ3n) is 4.91. The maximum absolute atomic E-state index is 12.8. The molecule has 0 aliphatic carbocycles.